The van der Waals surface area contributed by atoms with Gasteiger partial charge in [0.05, 0.1) is 16.9 Å². The van der Waals surface area contributed by atoms with E-state index in [9.17, 15) is 4.79 Å². The van der Waals surface area contributed by atoms with E-state index in [0.717, 1.165) is 11.3 Å². The third-order valence-electron chi connectivity index (χ3n) is 2.87. The first-order valence-electron chi connectivity index (χ1n) is 6.17. The molecular weight excluding hydrogens is 252 g/mol. The van der Waals surface area contributed by atoms with Crippen molar-refractivity contribution in [2.75, 3.05) is 0 Å². The van der Waals surface area contributed by atoms with Crippen LogP contribution < -0.4 is 5.56 Å². The van der Waals surface area contributed by atoms with Gasteiger partial charge >= 0.3 is 0 Å². The SMILES string of the molecule is O=c1[nH][nH]cc1-c1ccccc1N=Nc1ccccc1. The molecule has 3 aromatic rings. The van der Waals surface area contributed by atoms with Crippen molar-refractivity contribution in [3.05, 3.63) is 71.1 Å². The summed E-state index contributed by atoms with van der Waals surface area (Å²) in [6.07, 6.45) is 1.62. The van der Waals surface area contributed by atoms with Crippen LogP contribution in [0.3, 0.4) is 0 Å². The fourth-order valence-corrected chi connectivity index (χ4v) is 1.90. The lowest BCUT2D eigenvalue weighted by atomic mass is 10.1. The number of hydrogen-bond acceptors (Lipinski definition) is 3. The smallest absolute Gasteiger partial charge is 0.271 e. The minimum Gasteiger partial charge on any atom is -0.305 e. The highest BCUT2D eigenvalue weighted by atomic mass is 16.1. The summed E-state index contributed by atoms with van der Waals surface area (Å²) >= 11 is 0. The summed E-state index contributed by atoms with van der Waals surface area (Å²) in [5.41, 5.74) is 2.54. The molecule has 0 spiro atoms. The second kappa shape index (κ2) is 5.36. The van der Waals surface area contributed by atoms with E-state index >= 15 is 0 Å². The molecule has 0 bridgehead atoms. The van der Waals surface area contributed by atoms with Gasteiger partial charge in [-0.25, -0.2) is 0 Å². The molecule has 1 aromatic heterocycles. The molecule has 0 radical (unpaired) electrons. The number of aromatic amines is 2. The van der Waals surface area contributed by atoms with Gasteiger partial charge in [0.1, 0.15) is 0 Å². The van der Waals surface area contributed by atoms with E-state index < -0.39 is 0 Å². The van der Waals surface area contributed by atoms with Crippen molar-refractivity contribution in [2.45, 2.75) is 0 Å². The maximum Gasteiger partial charge on any atom is 0.271 e. The highest BCUT2D eigenvalue weighted by molar-refractivity contribution is 5.74. The second-order valence-electron chi connectivity index (χ2n) is 4.21. The van der Waals surface area contributed by atoms with Crippen LogP contribution in [0.15, 0.2) is 75.8 Å². The summed E-state index contributed by atoms with van der Waals surface area (Å²) in [5.74, 6) is 0. The lowest BCUT2D eigenvalue weighted by Crippen LogP contribution is -2.01. The Kier molecular flexibility index (Phi) is 3.24. The van der Waals surface area contributed by atoms with Gasteiger partial charge in [-0.15, -0.1) is 5.11 Å². The van der Waals surface area contributed by atoms with Crippen molar-refractivity contribution in [1.29, 1.82) is 0 Å². The standard InChI is InChI=1S/C15H12N4O/c20-15-13(10-16-19-15)12-8-4-5-9-14(12)18-17-11-6-2-1-3-7-11/h1-10H,(H2,16,19,20). The Hall–Kier alpha value is -2.95. The minimum absolute atomic E-state index is 0.174. The zero-order chi connectivity index (χ0) is 13.8. The second-order valence-corrected chi connectivity index (χ2v) is 4.21. The van der Waals surface area contributed by atoms with Crippen LogP contribution >= 0.6 is 0 Å². The number of benzene rings is 2. The normalized spacial score (nSPS) is 11.0. The van der Waals surface area contributed by atoms with Crippen LogP contribution in [0, 0.1) is 0 Å². The molecule has 5 nitrogen and oxygen atoms in total. The van der Waals surface area contributed by atoms with Crippen LogP contribution in [-0.2, 0) is 0 Å². The predicted octanol–water partition coefficient (Wildman–Crippen LogP) is 3.79. The molecule has 20 heavy (non-hydrogen) atoms. The number of nitrogens with zero attached hydrogens (tertiary/aromatic N) is 2. The van der Waals surface area contributed by atoms with Crippen molar-refractivity contribution >= 4 is 11.4 Å². The van der Waals surface area contributed by atoms with Gasteiger partial charge in [-0.05, 0) is 18.2 Å². The van der Waals surface area contributed by atoms with Crippen LogP contribution in [0.5, 0.6) is 0 Å². The molecule has 2 aromatic carbocycles. The van der Waals surface area contributed by atoms with Crippen molar-refractivity contribution in [2.24, 2.45) is 10.2 Å². The average molecular weight is 264 g/mol. The van der Waals surface area contributed by atoms with E-state index in [1.807, 2.05) is 54.6 Å². The van der Waals surface area contributed by atoms with Crippen LogP contribution in [0.4, 0.5) is 11.4 Å². The molecule has 5 heteroatoms. The lowest BCUT2D eigenvalue weighted by molar-refractivity contribution is 1.06. The van der Waals surface area contributed by atoms with E-state index in [1.165, 1.54) is 0 Å². The summed E-state index contributed by atoms with van der Waals surface area (Å²) in [6, 6.07) is 16.9. The summed E-state index contributed by atoms with van der Waals surface area (Å²) in [6.45, 7) is 0. The summed E-state index contributed by atoms with van der Waals surface area (Å²) in [5, 5.41) is 13.6. The topological polar surface area (TPSA) is 73.4 Å². The third kappa shape index (κ3) is 2.42. The first-order valence-corrected chi connectivity index (χ1v) is 6.17. The van der Waals surface area contributed by atoms with Crippen LogP contribution in [0.2, 0.25) is 0 Å². The van der Waals surface area contributed by atoms with Gasteiger partial charge in [-0.3, -0.25) is 9.89 Å². The van der Waals surface area contributed by atoms with Gasteiger partial charge in [0, 0.05) is 11.8 Å². The molecule has 0 fully saturated rings. The molecule has 0 saturated heterocycles. The molecule has 0 aliphatic carbocycles. The molecule has 2 N–H and O–H groups in total. The molecule has 0 amide bonds. The molecular formula is C15H12N4O. The lowest BCUT2D eigenvalue weighted by Gasteiger charge is -2.00. The van der Waals surface area contributed by atoms with Gasteiger partial charge < -0.3 is 5.10 Å². The molecule has 0 unspecified atom stereocenters. The molecule has 0 atom stereocenters. The van der Waals surface area contributed by atoms with Crippen molar-refractivity contribution in [1.82, 2.24) is 10.2 Å². The Labute approximate surface area is 115 Å². The van der Waals surface area contributed by atoms with Crippen LogP contribution in [0.1, 0.15) is 0 Å². The Morgan fingerprint density at radius 3 is 2.30 bits per heavy atom. The molecule has 0 aliphatic rings. The van der Waals surface area contributed by atoms with Gasteiger partial charge in [0.25, 0.3) is 5.56 Å². The molecule has 98 valence electrons. The predicted molar refractivity (Wildman–Crippen MR) is 77.5 cm³/mol. The highest BCUT2D eigenvalue weighted by Crippen LogP contribution is 2.28. The largest absolute Gasteiger partial charge is 0.305 e. The zero-order valence-corrected chi connectivity index (χ0v) is 10.6. The van der Waals surface area contributed by atoms with E-state index in [-0.39, 0.29) is 5.56 Å². The fourth-order valence-electron chi connectivity index (χ4n) is 1.90. The number of H-pyrrole nitrogens is 2. The van der Waals surface area contributed by atoms with Crippen LogP contribution in [0.25, 0.3) is 11.1 Å². The number of nitrogens with one attached hydrogen (secondary N) is 2. The quantitative estimate of drug-likeness (QED) is 0.694. The van der Waals surface area contributed by atoms with E-state index in [4.69, 9.17) is 0 Å². The highest BCUT2D eigenvalue weighted by Gasteiger charge is 2.08. The number of aromatic nitrogens is 2. The van der Waals surface area contributed by atoms with Gasteiger partial charge in [0.2, 0.25) is 0 Å². The van der Waals surface area contributed by atoms with Gasteiger partial charge in [-0.1, -0.05) is 36.4 Å². The molecule has 1 heterocycles. The Morgan fingerprint density at radius 1 is 0.800 bits per heavy atom. The van der Waals surface area contributed by atoms with E-state index in [0.29, 0.717) is 11.3 Å². The fraction of sp³-hybridized carbons (Fsp3) is 0. The Morgan fingerprint density at radius 2 is 1.55 bits per heavy atom. The molecule has 0 aliphatic heterocycles. The van der Waals surface area contributed by atoms with Crippen molar-refractivity contribution in [3.8, 4) is 11.1 Å². The monoisotopic (exact) mass is 264 g/mol. The van der Waals surface area contributed by atoms with Crippen molar-refractivity contribution in [3.63, 3.8) is 0 Å². The molecule has 0 saturated carbocycles. The van der Waals surface area contributed by atoms with Crippen LogP contribution in [-0.4, -0.2) is 10.2 Å². The number of hydrogen-bond donors (Lipinski definition) is 2. The maximum absolute atomic E-state index is 11.7. The Bertz CT molecular complexity index is 787. The first-order chi connectivity index (χ1) is 9.84. The number of azo groups is 1. The Balaban J connectivity index is 2.01. The summed E-state index contributed by atoms with van der Waals surface area (Å²) < 4.78 is 0. The minimum atomic E-state index is -0.174. The van der Waals surface area contributed by atoms with Gasteiger partial charge in [-0.2, -0.15) is 5.11 Å². The zero-order valence-electron chi connectivity index (χ0n) is 10.6. The average Bonchev–Trinajstić information content (AvgIpc) is 2.92. The third-order valence-corrected chi connectivity index (χ3v) is 2.87. The van der Waals surface area contributed by atoms with E-state index in [2.05, 4.69) is 20.4 Å². The van der Waals surface area contributed by atoms with Crippen molar-refractivity contribution < 1.29 is 0 Å². The molecule has 3 rings (SSSR count). The maximum atomic E-state index is 11.7. The number of rotatable bonds is 3. The summed E-state index contributed by atoms with van der Waals surface area (Å²) in [7, 11) is 0. The van der Waals surface area contributed by atoms with Gasteiger partial charge in [0.15, 0.2) is 0 Å². The summed E-state index contributed by atoms with van der Waals surface area (Å²) in [4.78, 5) is 11.7. The first kappa shape index (κ1) is 12.1. The van der Waals surface area contributed by atoms with E-state index in [1.54, 1.807) is 6.20 Å².